The van der Waals surface area contributed by atoms with E-state index >= 15 is 0 Å². The van der Waals surface area contributed by atoms with Crippen molar-refractivity contribution < 1.29 is 23.8 Å². The Morgan fingerprint density at radius 2 is 1.85 bits per heavy atom. The maximum atomic E-state index is 14.2. The van der Waals surface area contributed by atoms with Crippen LogP contribution in [0, 0.1) is 23.7 Å². The largest absolute Gasteiger partial charge is 0.496 e. The summed E-state index contributed by atoms with van der Waals surface area (Å²) in [4.78, 5) is 40.7. The fraction of sp³-hybridized carbons (Fsp3) is 0.535. The molecule has 4 aromatic rings. The Labute approximate surface area is 306 Å². The van der Waals surface area contributed by atoms with Crippen LogP contribution in [0.4, 0.5) is 0 Å². The van der Waals surface area contributed by atoms with Gasteiger partial charge in [0.15, 0.2) is 0 Å². The van der Waals surface area contributed by atoms with Crippen molar-refractivity contribution in [2.75, 3.05) is 48.0 Å². The standard InChI is InChI=1S/C43H52N4O5/c1-7-24-15-23-20-43(42(49)52-6)39-27(13-14-47(21-23)40(24)43)29-17-30(36(50-4)19-34(29)45-39)31-16-28-25(8-2)22-46(3)35(37(28)41(48)51-5)18-32-26-11-9-10-12-33(26)44-38(31)32/h8-12,17,19,23-24,28,31,35,37,40,44-45H,7,13-16,18,20-22H2,1-6H3/b25-8+/t23-,24+,28?,31?,35?,37?,40+,43-/m1/s1. The number of benzene rings is 2. The zero-order valence-electron chi connectivity index (χ0n) is 31.4. The van der Waals surface area contributed by atoms with Crippen LogP contribution in [-0.4, -0.2) is 91.8 Å². The first-order chi connectivity index (χ1) is 25.3. The van der Waals surface area contributed by atoms with E-state index in [-0.39, 0.29) is 41.8 Å². The quantitative estimate of drug-likeness (QED) is 0.181. The van der Waals surface area contributed by atoms with Gasteiger partial charge in [0, 0.05) is 82.5 Å². The van der Waals surface area contributed by atoms with Gasteiger partial charge in [0.1, 0.15) is 11.2 Å². The Hall–Kier alpha value is -4.08. The van der Waals surface area contributed by atoms with Gasteiger partial charge < -0.3 is 24.2 Å². The number of likely N-dealkylation sites (tertiary alicyclic amines) is 1. The van der Waals surface area contributed by atoms with Crippen LogP contribution < -0.4 is 4.74 Å². The van der Waals surface area contributed by atoms with Crippen molar-refractivity contribution in [2.45, 2.75) is 75.8 Å². The molecule has 3 saturated heterocycles. The molecule has 2 N–H and O–H groups in total. The van der Waals surface area contributed by atoms with Crippen molar-refractivity contribution >= 4 is 33.7 Å². The van der Waals surface area contributed by atoms with Gasteiger partial charge >= 0.3 is 11.9 Å². The minimum atomic E-state index is -0.725. The number of aromatic amines is 2. The number of para-hydroxylation sites is 1. The molecule has 6 heterocycles. The van der Waals surface area contributed by atoms with Crippen LogP contribution in [0.15, 0.2) is 48.0 Å². The van der Waals surface area contributed by atoms with Crippen LogP contribution >= 0.6 is 0 Å². The highest BCUT2D eigenvalue weighted by Crippen LogP contribution is 2.56. The second-order valence-electron chi connectivity index (χ2n) is 16.3. The highest BCUT2D eigenvalue weighted by molar-refractivity contribution is 5.93. The predicted octanol–water partition coefficient (Wildman–Crippen LogP) is 6.49. The van der Waals surface area contributed by atoms with E-state index in [2.05, 4.69) is 83.1 Å². The Bertz CT molecular complexity index is 2110. The normalized spacial score (nSPS) is 33.2. The molecular weight excluding hydrogens is 652 g/mol. The molecule has 10 rings (SSSR count). The molecule has 9 heteroatoms. The maximum absolute atomic E-state index is 14.2. The number of allylic oxidation sites excluding steroid dienone is 1. The molecule has 274 valence electrons. The molecule has 2 aromatic heterocycles. The van der Waals surface area contributed by atoms with E-state index in [1.807, 2.05) is 0 Å². The van der Waals surface area contributed by atoms with E-state index in [0.717, 1.165) is 85.2 Å². The summed E-state index contributed by atoms with van der Waals surface area (Å²) in [6.07, 6.45) is 7.60. The molecule has 0 amide bonds. The fourth-order valence-electron chi connectivity index (χ4n) is 12.1. The van der Waals surface area contributed by atoms with Crippen LogP contribution in [-0.2, 0) is 37.3 Å². The number of hydrogen-bond acceptors (Lipinski definition) is 7. The number of fused-ring (bicyclic) bond motifs is 9. The number of rotatable bonds is 5. The monoisotopic (exact) mass is 704 g/mol. The minimum absolute atomic E-state index is 0.00289. The predicted molar refractivity (Wildman–Crippen MR) is 202 cm³/mol. The molecule has 4 fully saturated rings. The summed E-state index contributed by atoms with van der Waals surface area (Å²) in [5.74, 6) is 1.10. The molecule has 9 nitrogen and oxygen atoms in total. The molecule has 5 unspecified atom stereocenters. The summed E-state index contributed by atoms with van der Waals surface area (Å²) >= 11 is 0. The summed E-state index contributed by atoms with van der Waals surface area (Å²) in [6, 6.07) is 13.2. The SMILES string of the molecule is C/C=C1\CN(C)C2Cc3c([nH]c4ccccc34)C(c3cc4c5c([nH]c4cc3OC)[C@]3(C(=O)OC)C[C@H]4C[C@H](CC)[C@@H]3N(CC5)C4)CC1C2C(=O)OC. The Kier molecular flexibility index (Phi) is 8.12. The van der Waals surface area contributed by atoms with Crippen molar-refractivity contribution in [1.82, 2.24) is 19.8 Å². The van der Waals surface area contributed by atoms with Gasteiger partial charge in [-0.05, 0) is 87.1 Å². The van der Waals surface area contributed by atoms with Gasteiger partial charge in [-0.15, -0.1) is 0 Å². The molecule has 0 spiro atoms. The average Bonchev–Trinajstić information content (AvgIpc) is 3.69. The summed E-state index contributed by atoms with van der Waals surface area (Å²) < 4.78 is 17.6. The Morgan fingerprint density at radius 1 is 1.02 bits per heavy atom. The van der Waals surface area contributed by atoms with E-state index in [9.17, 15) is 9.59 Å². The lowest BCUT2D eigenvalue weighted by atomic mass is 9.56. The number of esters is 2. The second kappa shape index (κ2) is 12.5. The number of piperidine rings is 3. The van der Waals surface area contributed by atoms with Crippen LogP contribution in [0.25, 0.3) is 21.8 Å². The van der Waals surface area contributed by atoms with E-state index in [4.69, 9.17) is 14.2 Å². The molecule has 6 aliphatic rings. The highest BCUT2D eigenvalue weighted by Gasteiger charge is 2.62. The minimum Gasteiger partial charge on any atom is -0.496 e. The van der Waals surface area contributed by atoms with Crippen LogP contribution in [0.2, 0.25) is 0 Å². The lowest BCUT2D eigenvalue weighted by Gasteiger charge is -2.57. The molecule has 2 aromatic carbocycles. The summed E-state index contributed by atoms with van der Waals surface area (Å²) in [6.45, 7) is 7.17. The molecule has 0 radical (unpaired) electrons. The zero-order valence-corrected chi connectivity index (χ0v) is 31.4. The first-order valence-electron chi connectivity index (χ1n) is 19.3. The molecule has 6 bridgehead atoms. The first kappa shape index (κ1) is 33.7. The van der Waals surface area contributed by atoms with E-state index < -0.39 is 5.41 Å². The van der Waals surface area contributed by atoms with Crippen LogP contribution in [0.3, 0.4) is 0 Å². The number of methoxy groups -OCH3 is 3. The van der Waals surface area contributed by atoms with Gasteiger partial charge in [-0.3, -0.25) is 19.4 Å². The van der Waals surface area contributed by atoms with E-state index in [1.165, 1.54) is 41.3 Å². The van der Waals surface area contributed by atoms with Crippen molar-refractivity contribution in [1.29, 1.82) is 0 Å². The van der Waals surface area contributed by atoms with Crippen molar-refractivity contribution in [3.8, 4) is 5.75 Å². The molecular formula is C43H52N4O5. The van der Waals surface area contributed by atoms with Gasteiger partial charge in [0.25, 0.3) is 0 Å². The van der Waals surface area contributed by atoms with Gasteiger partial charge in [-0.25, -0.2) is 0 Å². The fourth-order valence-corrected chi connectivity index (χ4v) is 12.1. The Morgan fingerprint density at radius 3 is 2.60 bits per heavy atom. The molecule has 2 aliphatic carbocycles. The van der Waals surface area contributed by atoms with Crippen molar-refractivity contribution in [2.24, 2.45) is 23.7 Å². The summed E-state index contributed by atoms with van der Waals surface area (Å²) in [5.41, 5.74) is 8.50. The summed E-state index contributed by atoms with van der Waals surface area (Å²) in [5, 5.41) is 2.36. The molecule has 4 aliphatic heterocycles. The van der Waals surface area contributed by atoms with Crippen molar-refractivity contribution in [3.63, 3.8) is 0 Å². The number of carbonyl (C=O) groups is 2. The number of ether oxygens (including phenoxy) is 3. The number of nitrogens with one attached hydrogen (secondary N) is 2. The highest BCUT2D eigenvalue weighted by atomic mass is 16.5. The molecule has 1 saturated carbocycles. The first-order valence-corrected chi connectivity index (χ1v) is 19.3. The number of hydrogen-bond donors (Lipinski definition) is 2. The number of nitrogens with zero attached hydrogens (tertiary/aromatic N) is 2. The second-order valence-corrected chi connectivity index (χ2v) is 16.3. The third kappa shape index (κ3) is 4.67. The van der Waals surface area contributed by atoms with Crippen LogP contribution in [0.1, 0.15) is 73.5 Å². The third-order valence-corrected chi connectivity index (χ3v) is 14.1. The lowest BCUT2D eigenvalue weighted by Crippen LogP contribution is -2.67. The topological polar surface area (TPSA) is 99.9 Å². The van der Waals surface area contributed by atoms with E-state index in [1.54, 1.807) is 14.2 Å². The smallest absolute Gasteiger partial charge is 0.319 e. The van der Waals surface area contributed by atoms with Crippen molar-refractivity contribution in [3.05, 3.63) is 76.1 Å². The van der Waals surface area contributed by atoms with Crippen LogP contribution in [0.5, 0.6) is 5.75 Å². The van der Waals surface area contributed by atoms with Gasteiger partial charge in [0.2, 0.25) is 0 Å². The Balaban J connectivity index is 1.28. The maximum Gasteiger partial charge on any atom is 0.319 e. The third-order valence-electron chi connectivity index (χ3n) is 14.1. The number of H-pyrrole nitrogens is 2. The number of aromatic nitrogens is 2. The number of likely N-dealkylation sites (N-methyl/N-ethyl adjacent to an activating group) is 1. The van der Waals surface area contributed by atoms with Gasteiger partial charge in [-0.1, -0.05) is 43.2 Å². The lowest BCUT2D eigenvalue weighted by molar-refractivity contribution is -0.162. The van der Waals surface area contributed by atoms with E-state index in [0.29, 0.717) is 11.8 Å². The van der Waals surface area contributed by atoms with Gasteiger partial charge in [0.05, 0.1) is 27.2 Å². The number of carbonyl (C=O) groups excluding carboxylic acids is 2. The zero-order chi connectivity index (χ0) is 36.1. The average molecular weight is 705 g/mol. The summed E-state index contributed by atoms with van der Waals surface area (Å²) in [7, 11) is 6.98. The van der Waals surface area contributed by atoms with Gasteiger partial charge in [-0.2, -0.15) is 0 Å². The molecule has 9 atom stereocenters. The molecule has 52 heavy (non-hydrogen) atoms.